The molecule has 1 aromatic rings. The zero-order chi connectivity index (χ0) is 31.3. The van der Waals surface area contributed by atoms with Crippen LogP contribution in [-0.2, 0) is 42.9 Å². The molecule has 0 saturated carbocycles. The standard InChI is InChI=1S/C13H19N3O8S.C9H19NO5S/c1-25(21,22)24-9-8-23-7-3-2-6-14-12-5-4-11(15(17)18)10-13(12)16(19)20;1-9(11)10-5-3-4-6-14-7-8-15-16(2,12)13/h4-5,10,14H,2-3,6-9H2,1H3;3-8H2,1-2H3,(H,10,11). The Bertz CT molecular complexity index is 1160. The summed E-state index contributed by atoms with van der Waals surface area (Å²) in [5, 5.41) is 27.2. The lowest BCUT2D eigenvalue weighted by molar-refractivity contribution is -0.393. The smallest absolute Gasteiger partial charge is 0.299 e. The maximum Gasteiger partial charge on any atom is 0.299 e. The lowest BCUT2D eigenvalue weighted by Gasteiger charge is -2.07. The summed E-state index contributed by atoms with van der Waals surface area (Å²) in [7, 11) is -6.83. The van der Waals surface area contributed by atoms with Crippen molar-refractivity contribution in [1.82, 2.24) is 5.32 Å². The summed E-state index contributed by atoms with van der Waals surface area (Å²) in [6, 6.07) is 3.41. The number of nitro groups is 2. The van der Waals surface area contributed by atoms with Crippen LogP contribution in [0.15, 0.2) is 18.2 Å². The number of non-ortho nitro benzene ring substituents is 1. The number of nitrogens with one attached hydrogen (secondary N) is 2. The Kier molecular flexibility index (Phi) is 19.3. The number of unbranched alkanes of at least 4 members (excludes halogenated alkanes) is 2. The van der Waals surface area contributed by atoms with E-state index in [4.69, 9.17) is 9.47 Å². The van der Waals surface area contributed by atoms with Crippen LogP contribution in [-0.4, -0.2) is 97.8 Å². The molecule has 2 N–H and O–H groups in total. The zero-order valence-corrected chi connectivity index (χ0v) is 24.9. The first kappa shape index (κ1) is 38.0. The first-order valence-corrected chi connectivity index (χ1v) is 16.0. The average Bonchev–Trinajstić information content (AvgIpc) is 2.85. The highest BCUT2D eigenvalue weighted by Crippen LogP contribution is 2.28. The van der Waals surface area contributed by atoms with Gasteiger partial charge in [-0.3, -0.25) is 33.4 Å². The van der Waals surface area contributed by atoms with Crippen LogP contribution >= 0.6 is 0 Å². The number of anilines is 1. The average molecular weight is 631 g/mol. The largest absolute Gasteiger partial charge is 0.379 e. The van der Waals surface area contributed by atoms with E-state index in [1.165, 1.54) is 19.1 Å². The summed E-state index contributed by atoms with van der Waals surface area (Å²) in [5.74, 6) is -0.0394. The number of nitrogens with zero attached hydrogens (tertiary/aromatic N) is 2. The third kappa shape index (κ3) is 23.4. The van der Waals surface area contributed by atoms with E-state index >= 15 is 0 Å². The van der Waals surface area contributed by atoms with Gasteiger partial charge in [0.1, 0.15) is 5.69 Å². The fourth-order valence-corrected chi connectivity index (χ4v) is 3.51. The maximum absolute atomic E-state index is 11.0. The van der Waals surface area contributed by atoms with Crippen molar-refractivity contribution in [3.05, 3.63) is 38.4 Å². The minimum absolute atomic E-state index is 0.0394. The van der Waals surface area contributed by atoms with Gasteiger partial charge in [0.15, 0.2) is 0 Å². The first-order chi connectivity index (χ1) is 19.1. The van der Waals surface area contributed by atoms with Gasteiger partial charge in [-0.15, -0.1) is 0 Å². The van der Waals surface area contributed by atoms with Gasteiger partial charge in [0, 0.05) is 39.3 Å². The van der Waals surface area contributed by atoms with Gasteiger partial charge >= 0.3 is 0 Å². The monoisotopic (exact) mass is 630 g/mol. The van der Waals surface area contributed by atoms with Gasteiger partial charge in [0.2, 0.25) is 5.91 Å². The molecule has 17 nitrogen and oxygen atoms in total. The molecule has 1 aromatic carbocycles. The fourth-order valence-electron chi connectivity index (χ4n) is 2.77. The number of rotatable bonds is 21. The van der Waals surface area contributed by atoms with Crippen molar-refractivity contribution in [2.45, 2.75) is 32.6 Å². The van der Waals surface area contributed by atoms with Crippen LogP contribution in [0.4, 0.5) is 17.1 Å². The van der Waals surface area contributed by atoms with Crippen molar-refractivity contribution < 1.29 is 49.3 Å². The highest BCUT2D eigenvalue weighted by molar-refractivity contribution is 7.86. The van der Waals surface area contributed by atoms with Crippen molar-refractivity contribution in [2.24, 2.45) is 0 Å². The molecule has 0 aliphatic carbocycles. The summed E-state index contributed by atoms with van der Waals surface area (Å²) in [4.78, 5) is 30.7. The Labute approximate surface area is 239 Å². The van der Waals surface area contributed by atoms with Crippen LogP contribution in [0.3, 0.4) is 0 Å². The van der Waals surface area contributed by atoms with Crippen molar-refractivity contribution >= 4 is 43.2 Å². The predicted octanol–water partition coefficient (Wildman–Crippen LogP) is 1.58. The predicted molar refractivity (Wildman–Crippen MR) is 149 cm³/mol. The number of carbonyl (C=O) groups excluding carboxylic acids is 1. The van der Waals surface area contributed by atoms with Crippen LogP contribution in [0.25, 0.3) is 0 Å². The van der Waals surface area contributed by atoms with Gasteiger partial charge in [-0.05, 0) is 31.7 Å². The van der Waals surface area contributed by atoms with Crippen molar-refractivity contribution in [1.29, 1.82) is 0 Å². The van der Waals surface area contributed by atoms with Crippen LogP contribution in [0.2, 0.25) is 0 Å². The van der Waals surface area contributed by atoms with Gasteiger partial charge in [-0.25, -0.2) is 0 Å². The highest BCUT2D eigenvalue weighted by atomic mass is 32.2. The number of hydrogen-bond donors (Lipinski definition) is 2. The molecule has 19 heteroatoms. The molecule has 0 fully saturated rings. The van der Waals surface area contributed by atoms with E-state index in [9.17, 15) is 41.9 Å². The summed E-state index contributed by atoms with van der Waals surface area (Å²) in [6.07, 6.45) is 4.90. The van der Waals surface area contributed by atoms with Crippen molar-refractivity contribution in [2.75, 3.05) is 70.6 Å². The second kappa shape index (κ2) is 20.8. The van der Waals surface area contributed by atoms with Gasteiger partial charge in [-0.2, -0.15) is 16.8 Å². The van der Waals surface area contributed by atoms with E-state index in [1.807, 2.05) is 0 Å². The Hall–Kier alpha value is -2.97. The molecule has 0 spiro atoms. The molecule has 0 aliphatic rings. The van der Waals surface area contributed by atoms with E-state index in [1.54, 1.807) is 0 Å². The van der Waals surface area contributed by atoms with E-state index in [0.717, 1.165) is 31.4 Å². The molecule has 0 aliphatic heterocycles. The summed E-state index contributed by atoms with van der Waals surface area (Å²) in [6.45, 7) is 3.85. The van der Waals surface area contributed by atoms with Gasteiger partial charge in [0.05, 0.1) is 54.9 Å². The minimum Gasteiger partial charge on any atom is -0.379 e. The molecular formula is C22H38N4O13S2. The SMILES string of the molecule is CC(=O)NCCCCOCCOS(C)(=O)=O.CS(=O)(=O)OCCOCCCCNc1ccc([N+](=O)[O-])cc1[N+](=O)[O-]. The topological polar surface area (TPSA) is 233 Å². The number of ether oxygens (including phenoxy) is 2. The molecular weight excluding hydrogens is 592 g/mol. The summed E-state index contributed by atoms with van der Waals surface area (Å²) < 4.78 is 61.8. The molecule has 0 aromatic heterocycles. The molecule has 0 radical (unpaired) electrons. The third-order valence-electron chi connectivity index (χ3n) is 4.56. The summed E-state index contributed by atoms with van der Waals surface area (Å²) in [5.41, 5.74) is -0.497. The zero-order valence-electron chi connectivity index (χ0n) is 23.2. The lowest BCUT2D eigenvalue weighted by atomic mass is 10.2. The number of benzene rings is 1. The molecule has 0 heterocycles. The second-order valence-electron chi connectivity index (χ2n) is 8.32. The normalized spacial score (nSPS) is 11.3. The van der Waals surface area contributed by atoms with E-state index in [-0.39, 0.29) is 49.4 Å². The molecule has 0 unspecified atom stereocenters. The van der Waals surface area contributed by atoms with Crippen molar-refractivity contribution in [3.63, 3.8) is 0 Å². The maximum atomic E-state index is 11.0. The quantitative estimate of drug-likeness (QED) is 0.0850. The molecule has 41 heavy (non-hydrogen) atoms. The number of nitro benzene ring substituents is 2. The lowest BCUT2D eigenvalue weighted by Crippen LogP contribution is -2.21. The Morgan fingerprint density at radius 2 is 1.29 bits per heavy atom. The minimum atomic E-state index is -3.46. The van der Waals surface area contributed by atoms with Gasteiger partial charge < -0.3 is 20.1 Å². The Morgan fingerprint density at radius 3 is 1.73 bits per heavy atom. The van der Waals surface area contributed by atoms with Gasteiger partial charge in [-0.1, -0.05) is 0 Å². The number of hydrogen-bond acceptors (Lipinski definition) is 14. The van der Waals surface area contributed by atoms with Crippen LogP contribution in [0, 0.1) is 20.2 Å². The van der Waals surface area contributed by atoms with E-state index in [2.05, 4.69) is 19.0 Å². The molecule has 0 saturated heterocycles. The molecule has 1 rings (SSSR count). The van der Waals surface area contributed by atoms with Crippen LogP contribution < -0.4 is 10.6 Å². The Morgan fingerprint density at radius 1 is 0.780 bits per heavy atom. The van der Waals surface area contributed by atoms with Crippen LogP contribution in [0.5, 0.6) is 0 Å². The highest BCUT2D eigenvalue weighted by Gasteiger charge is 2.18. The fraction of sp³-hybridized carbons (Fsp3) is 0.682. The number of amides is 1. The first-order valence-electron chi connectivity index (χ1n) is 12.4. The van der Waals surface area contributed by atoms with Crippen LogP contribution in [0.1, 0.15) is 32.6 Å². The molecule has 236 valence electrons. The number of carbonyl (C=O) groups is 1. The molecule has 1 amide bonds. The third-order valence-corrected chi connectivity index (χ3v) is 5.75. The van der Waals surface area contributed by atoms with Gasteiger partial charge in [0.25, 0.3) is 31.6 Å². The van der Waals surface area contributed by atoms with E-state index in [0.29, 0.717) is 39.1 Å². The Balaban J connectivity index is 0.000000865. The van der Waals surface area contributed by atoms with Crippen molar-refractivity contribution in [3.8, 4) is 0 Å². The second-order valence-corrected chi connectivity index (χ2v) is 11.6. The molecule has 0 bridgehead atoms. The molecule has 0 atom stereocenters. The van der Waals surface area contributed by atoms with E-state index < -0.39 is 30.1 Å². The summed E-state index contributed by atoms with van der Waals surface area (Å²) >= 11 is 0.